The van der Waals surface area contributed by atoms with Crippen molar-refractivity contribution in [3.05, 3.63) is 34.7 Å². The molecule has 0 aliphatic rings. The van der Waals surface area contributed by atoms with Crippen LogP contribution in [0.3, 0.4) is 0 Å². The zero-order valence-electron chi connectivity index (χ0n) is 10.3. The van der Waals surface area contributed by atoms with Gasteiger partial charge in [-0.25, -0.2) is 4.79 Å². The first-order valence-corrected chi connectivity index (χ1v) is 5.76. The summed E-state index contributed by atoms with van der Waals surface area (Å²) in [5.74, 6) is -0.416. The number of fused-ring (bicyclic) bond motifs is 1. The SMILES string of the molecule is CCOC(=O)CNc1cc(=O)oc2cc(O)ccc12. The van der Waals surface area contributed by atoms with Crippen LogP contribution in [0.25, 0.3) is 11.0 Å². The van der Waals surface area contributed by atoms with Gasteiger partial charge in [-0.15, -0.1) is 0 Å². The average molecular weight is 263 g/mol. The number of anilines is 1. The third-order valence-corrected chi connectivity index (χ3v) is 2.46. The van der Waals surface area contributed by atoms with Crippen LogP contribution in [0.5, 0.6) is 5.75 Å². The molecule has 2 rings (SSSR count). The van der Waals surface area contributed by atoms with Gasteiger partial charge in [0.2, 0.25) is 0 Å². The quantitative estimate of drug-likeness (QED) is 0.641. The third kappa shape index (κ3) is 3.04. The second-order valence-corrected chi connectivity index (χ2v) is 3.82. The van der Waals surface area contributed by atoms with Gasteiger partial charge in [0, 0.05) is 17.5 Å². The Morgan fingerprint density at radius 2 is 2.21 bits per heavy atom. The molecule has 0 radical (unpaired) electrons. The lowest BCUT2D eigenvalue weighted by molar-refractivity contribution is -0.140. The molecule has 0 amide bonds. The number of aromatic hydroxyl groups is 1. The minimum absolute atomic E-state index is 0.00167. The monoisotopic (exact) mass is 263 g/mol. The normalized spacial score (nSPS) is 10.4. The van der Waals surface area contributed by atoms with Gasteiger partial charge in [-0.2, -0.15) is 0 Å². The molecule has 0 fully saturated rings. The largest absolute Gasteiger partial charge is 0.508 e. The van der Waals surface area contributed by atoms with Gasteiger partial charge in [0.15, 0.2) is 0 Å². The maximum absolute atomic E-state index is 11.4. The smallest absolute Gasteiger partial charge is 0.338 e. The molecule has 0 spiro atoms. The van der Waals surface area contributed by atoms with Crippen LogP contribution in [0.2, 0.25) is 0 Å². The number of esters is 1. The molecule has 6 nitrogen and oxygen atoms in total. The zero-order chi connectivity index (χ0) is 13.8. The molecule has 0 saturated carbocycles. The summed E-state index contributed by atoms with van der Waals surface area (Å²) in [6.45, 7) is 1.96. The summed E-state index contributed by atoms with van der Waals surface area (Å²) in [5.41, 5.74) is 0.141. The molecule has 100 valence electrons. The van der Waals surface area contributed by atoms with E-state index in [1.54, 1.807) is 13.0 Å². The molecule has 0 atom stereocenters. The second kappa shape index (κ2) is 5.43. The van der Waals surface area contributed by atoms with E-state index < -0.39 is 11.6 Å². The fourth-order valence-electron chi connectivity index (χ4n) is 1.68. The minimum atomic E-state index is -0.565. The number of carbonyl (C=O) groups is 1. The third-order valence-electron chi connectivity index (χ3n) is 2.46. The van der Waals surface area contributed by atoms with Crippen molar-refractivity contribution in [2.75, 3.05) is 18.5 Å². The lowest BCUT2D eigenvalue weighted by Crippen LogP contribution is -2.17. The maximum Gasteiger partial charge on any atom is 0.338 e. The van der Waals surface area contributed by atoms with Crippen molar-refractivity contribution in [2.24, 2.45) is 0 Å². The summed E-state index contributed by atoms with van der Waals surface area (Å²) < 4.78 is 9.75. The number of benzene rings is 1. The van der Waals surface area contributed by atoms with Crippen LogP contribution in [-0.2, 0) is 9.53 Å². The Morgan fingerprint density at radius 1 is 1.42 bits per heavy atom. The van der Waals surface area contributed by atoms with Crippen molar-refractivity contribution in [1.29, 1.82) is 0 Å². The van der Waals surface area contributed by atoms with Crippen LogP contribution in [-0.4, -0.2) is 24.2 Å². The fourth-order valence-corrected chi connectivity index (χ4v) is 1.68. The van der Waals surface area contributed by atoms with Crippen molar-refractivity contribution in [2.45, 2.75) is 6.92 Å². The summed E-state index contributed by atoms with van der Waals surface area (Å²) in [7, 11) is 0. The average Bonchev–Trinajstić information content (AvgIpc) is 2.35. The molecule has 0 bridgehead atoms. The van der Waals surface area contributed by atoms with Gasteiger partial charge in [-0.3, -0.25) is 4.79 Å². The summed E-state index contributed by atoms with van der Waals surface area (Å²) in [6.07, 6.45) is 0. The number of ether oxygens (including phenoxy) is 1. The van der Waals surface area contributed by atoms with E-state index in [9.17, 15) is 14.7 Å². The van der Waals surface area contributed by atoms with Crippen LogP contribution in [0.1, 0.15) is 6.92 Å². The zero-order valence-corrected chi connectivity index (χ0v) is 10.3. The number of carbonyl (C=O) groups excluding carboxylic acids is 1. The predicted molar refractivity (Wildman–Crippen MR) is 69.3 cm³/mol. The molecule has 2 aromatic rings. The van der Waals surface area contributed by atoms with E-state index in [4.69, 9.17) is 9.15 Å². The molecule has 0 aliphatic heterocycles. The van der Waals surface area contributed by atoms with Gasteiger partial charge in [-0.05, 0) is 19.1 Å². The Balaban J connectivity index is 2.32. The van der Waals surface area contributed by atoms with Crippen LogP contribution in [0, 0.1) is 0 Å². The highest BCUT2D eigenvalue weighted by atomic mass is 16.5. The lowest BCUT2D eigenvalue weighted by atomic mass is 10.2. The van der Waals surface area contributed by atoms with Crippen LogP contribution in [0.15, 0.2) is 33.5 Å². The molecule has 0 unspecified atom stereocenters. The number of hydrogen-bond acceptors (Lipinski definition) is 6. The molecule has 6 heteroatoms. The molecule has 1 aromatic carbocycles. The Morgan fingerprint density at radius 3 is 2.95 bits per heavy atom. The first-order valence-electron chi connectivity index (χ1n) is 5.76. The Kier molecular flexibility index (Phi) is 3.70. The molecule has 1 aromatic heterocycles. The Hall–Kier alpha value is -2.50. The Bertz CT molecular complexity index is 662. The van der Waals surface area contributed by atoms with E-state index in [2.05, 4.69) is 5.32 Å². The topological polar surface area (TPSA) is 88.8 Å². The summed E-state index contributed by atoms with van der Waals surface area (Å²) >= 11 is 0. The van der Waals surface area contributed by atoms with Gasteiger partial charge < -0.3 is 19.6 Å². The van der Waals surface area contributed by atoms with E-state index in [1.807, 2.05) is 0 Å². The van der Waals surface area contributed by atoms with Crippen molar-refractivity contribution in [3.63, 3.8) is 0 Å². The number of rotatable bonds is 4. The van der Waals surface area contributed by atoms with E-state index in [-0.39, 0.29) is 17.9 Å². The molecule has 0 aliphatic carbocycles. The Labute approximate surface area is 108 Å². The highest BCUT2D eigenvalue weighted by Crippen LogP contribution is 2.24. The number of nitrogens with one attached hydrogen (secondary N) is 1. The number of hydrogen-bond donors (Lipinski definition) is 2. The molecular formula is C13H13NO5. The van der Waals surface area contributed by atoms with E-state index in [0.29, 0.717) is 17.7 Å². The van der Waals surface area contributed by atoms with Crippen molar-refractivity contribution < 1.29 is 19.1 Å². The van der Waals surface area contributed by atoms with Gasteiger partial charge in [0.05, 0.1) is 12.3 Å². The summed E-state index contributed by atoms with van der Waals surface area (Å²) in [6, 6.07) is 5.66. The van der Waals surface area contributed by atoms with Crippen molar-refractivity contribution >= 4 is 22.6 Å². The van der Waals surface area contributed by atoms with E-state index >= 15 is 0 Å². The standard InChI is InChI=1S/C13H13NO5/c1-2-18-13(17)7-14-10-6-12(16)19-11-5-8(15)3-4-9(10)11/h3-6,14-15H,2,7H2,1H3. The lowest BCUT2D eigenvalue weighted by Gasteiger charge is -2.08. The second-order valence-electron chi connectivity index (χ2n) is 3.82. The van der Waals surface area contributed by atoms with Gasteiger partial charge in [0.25, 0.3) is 0 Å². The minimum Gasteiger partial charge on any atom is -0.508 e. The van der Waals surface area contributed by atoms with Gasteiger partial charge >= 0.3 is 11.6 Å². The predicted octanol–water partition coefficient (Wildman–Crippen LogP) is 1.47. The van der Waals surface area contributed by atoms with Gasteiger partial charge in [0.1, 0.15) is 17.9 Å². The molecule has 2 N–H and O–H groups in total. The van der Waals surface area contributed by atoms with Gasteiger partial charge in [-0.1, -0.05) is 0 Å². The van der Waals surface area contributed by atoms with Crippen LogP contribution >= 0.6 is 0 Å². The molecule has 19 heavy (non-hydrogen) atoms. The maximum atomic E-state index is 11.4. The molecular weight excluding hydrogens is 250 g/mol. The van der Waals surface area contributed by atoms with E-state index in [0.717, 1.165) is 0 Å². The van der Waals surface area contributed by atoms with Crippen LogP contribution in [0.4, 0.5) is 5.69 Å². The highest BCUT2D eigenvalue weighted by molar-refractivity contribution is 5.91. The highest BCUT2D eigenvalue weighted by Gasteiger charge is 2.08. The molecule has 0 saturated heterocycles. The van der Waals surface area contributed by atoms with E-state index in [1.165, 1.54) is 18.2 Å². The van der Waals surface area contributed by atoms with Crippen LogP contribution < -0.4 is 10.9 Å². The summed E-state index contributed by atoms with van der Waals surface area (Å²) in [4.78, 5) is 22.6. The summed E-state index contributed by atoms with van der Waals surface area (Å²) in [5, 5.41) is 12.8. The fraction of sp³-hybridized carbons (Fsp3) is 0.231. The van der Waals surface area contributed by atoms with Crippen molar-refractivity contribution in [3.8, 4) is 5.75 Å². The first-order chi connectivity index (χ1) is 9.10. The van der Waals surface area contributed by atoms with Crippen molar-refractivity contribution in [1.82, 2.24) is 0 Å². The number of phenols is 1. The molecule has 1 heterocycles. The number of phenolic OH excluding ortho intramolecular Hbond substituents is 1. The first kappa shape index (κ1) is 12.9.